The second kappa shape index (κ2) is 11.8. The zero-order valence-electron chi connectivity index (χ0n) is 19.0. The first-order valence-corrected chi connectivity index (χ1v) is 11.0. The van der Waals surface area contributed by atoms with Gasteiger partial charge in [0.25, 0.3) is 0 Å². The van der Waals surface area contributed by atoms with Crippen LogP contribution in [0.3, 0.4) is 0 Å². The van der Waals surface area contributed by atoms with Gasteiger partial charge in [-0.1, -0.05) is 26.7 Å². The number of ether oxygens (including phenoxy) is 2. The maximum absolute atomic E-state index is 12.4. The van der Waals surface area contributed by atoms with E-state index in [0.29, 0.717) is 42.2 Å². The summed E-state index contributed by atoms with van der Waals surface area (Å²) < 4.78 is 11.1. The number of nitrogens with one attached hydrogen (secondary N) is 2. The molecule has 2 amide bonds. The van der Waals surface area contributed by atoms with Crippen molar-refractivity contribution in [2.24, 2.45) is 11.8 Å². The maximum Gasteiger partial charge on any atom is 0.238 e. The molecule has 0 aliphatic heterocycles. The molecule has 1 fully saturated rings. The number of carbonyl (C=O) groups excluding carboxylic acids is 2. The Bertz CT molecular complexity index is 710. The average molecular weight is 420 g/mol. The van der Waals surface area contributed by atoms with Crippen LogP contribution in [0.15, 0.2) is 18.2 Å². The molecule has 168 valence electrons. The lowest BCUT2D eigenvalue weighted by Crippen LogP contribution is -2.47. The number of benzene rings is 1. The number of carbonyl (C=O) groups is 2. The van der Waals surface area contributed by atoms with Crippen LogP contribution in [0, 0.1) is 11.8 Å². The highest BCUT2D eigenvalue weighted by Gasteiger charge is 2.28. The average Bonchev–Trinajstić information content (AvgIpc) is 2.67. The fourth-order valence-electron chi connectivity index (χ4n) is 3.91. The molecule has 0 heterocycles. The molecule has 3 atom stereocenters. The number of anilines is 1. The van der Waals surface area contributed by atoms with E-state index in [9.17, 15) is 9.59 Å². The highest BCUT2D eigenvalue weighted by atomic mass is 16.5. The normalized spacial score (nSPS) is 21.2. The summed E-state index contributed by atoms with van der Waals surface area (Å²) in [6.45, 7) is 9.63. The van der Waals surface area contributed by atoms with Gasteiger partial charge in [-0.25, -0.2) is 0 Å². The highest BCUT2D eigenvalue weighted by Crippen LogP contribution is 2.31. The number of amides is 2. The Kier molecular flexibility index (Phi) is 9.43. The van der Waals surface area contributed by atoms with E-state index >= 15 is 0 Å². The van der Waals surface area contributed by atoms with Crippen LogP contribution in [0.25, 0.3) is 0 Å². The van der Waals surface area contributed by atoms with Gasteiger partial charge in [0, 0.05) is 17.8 Å². The molecule has 1 saturated carbocycles. The van der Waals surface area contributed by atoms with Crippen molar-refractivity contribution in [3.63, 3.8) is 0 Å². The Morgan fingerprint density at radius 1 is 1.03 bits per heavy atom. The highest BCUT2D eigenvalue weighted by molar-refractivity contribution is 5.93. The molecule has 0 bridgehead atoms. The van der Waals surface area contributed by atoms with Crippen LogP contribution in [0.5, 0.6) is 11.5 Å². The van der Waals surface area contributed by atoms with Crippen molar-refractivity contribution in [2.75, 3.05) is 38.7 Å². The Morgan fingerprint density at radius 2 is 1.70 bits per heavy atom. The molecule has 0 aromatic heterocycles. The van der Waals surface area contributed by atoms with Gasteiger partial charge in [-0.15, -0.1) is 0 Å². The number of hydrogen-bond donors (Lipinski definition) is 2. The first kappa shape index (κ1) is 24.0. The van der Waals surface area contributed by atoms with Crippen molar-refractivity contribution in [2.45, 2.75) is 53.0 Å². The third-order valence-corrected chi connectivity index (χ3v) is 5.71. The van der Waals surface area contributed by atoms with Crippen molar-refractivity contribution in [1.82, 2.24) is 10.2 Å². The van der Waals surface area contributed by atoms with Crippen LogP contribution in [0.4, 0.5) is 5.69 Å². The molecule has 2 rings (SSSR count). The van der Waals surface area contributed by atoms with E-state index in [1.807, 2.05) is 13.8 Å². The van der Waals surface area contributed by atoms with Crippen molar-refractivity contribution in [3.8, 4) is 11.5 Å². The predicted octanol–water partition coefficient (Wildman–Crippen LogP) is 3.30. The van der Waals surface area contributed by atoms with Crippen LogP contribution in [-0.4, -0.2) is 56.1 Å². The molecule has 0 radical (unpaired) electrons. The summed E-state index contributed by atoms with van der Waals surface area (Å²) >= 11 is 0. The van der Waals surface area contributed by atoms with Crippen molar-refractivity contribution < 1.29 is 19.1 Å². The maximum atomic E-state index is 12.4. The topological polar surface area (TPSA) is 79.9 Å². The molecule has 0 unspecified atom stereocenters. The predicted molar refractivity (Wildman–Crippen MR) is 119 cm³/mol. The Labute approximate surface area is 180 Å². The minimum absolute atomic E-state index is 0.0315. The monoisotopic (exact) mass is 419 g/mol. The summed E-state index contributed by atoms with van der Waals surface area (Å²) in [5.41, 5.74) is 0.634. The van der Waals surface area contributed by atoms with E-state index in [1.54, 1.807) is 30.1 Å². The fourth-order valence-corrected chi connectivity index (χ4v) is 3.91. The number of hydrogen-bond acceptors (Lipinski definition) is 5. The summed E-state index contributed by atoms with van der Waals surface area (Å²) in [6.07, 6.45) is 3.41. The Balaban J connectivity index is 1.84. The second-order valence-corrected chi connectivity index (χ2v) is 8.19. The molecule has 1 aromatic carbocycles. The van der Waals surface area contributed by atoms with E-state index in [-0.39, 0.29) is 30.9 Å². The molecule has 0 spiro atoms. The SMILES string of the molecule is CCOc1ccc(NC(=O)CN(C)CC(=O)N[C@H]2CCC[C@H](C)[C@@H]2C)cc1OCC. The summed E-state index contributed by atoms with van der Waals surface area (Å²) in [4.78, 5) is 26.5. The summed E-state index contributed by atoms with van der Waals surface area (Å²) in [5.74, 6) is 2.14. The summed E-state index contributed by atoms with van der Waals surface area (Å²) in [7, 11) is 1.77. The van der Waals surface area contributed by atoms with Gasteiger partial charge in [-0.05, 0) is 51.3 Å². The molecule has 7 heteroatoms. The first-order chi connectivity index (χ1) is 14.3. The molecule has 1 aliphatic rings. The lowest BCUT2D eigenvalue weighted by atomic mass is 9.78. The minimum Gasteiger partial charge on any atom is -0.490 e. The van der Waals surface area contributed by atoms with Gasteiger partial charge < -0.3 is 20.1 Å². The smallest absolute Gasteiger partial charge is 0.238 e. The van der Waals surface area contributed by atoms with E-state index < -0.39 is 0 Å². The molecular formula is C23H37N3O4. The van der Waals surface area contributed by atoms with Gasteiger partial charge in [0.05, 0.1) is 26.3 Å². The van der Waals surface area contributed by atoms with E-state index in [2.05, 4.69) is 24.5 Å². The van der Waals surface area contributed by atoms with Crippen molar-refractivity contribution in [1.29, 1.82) is 0 Å². The zero-order chi connectivity index (χ0) is 22.1. The van der Waals surface area contributed by atoms with Gasteiger partial charge >= 0.3 is 0 Å². The minimum atomic E-state index is -0.184. The number of rotatable bonds is 10. The van der Waals surface area contributed by atoms with Crippen LogP contribution in [0.1, 0.15) is 47.0 Å². The van der Waals surface area contributed by atoms with Crippen molar-refractivity contribution in [3.05, 3.63) is 18.2 Å². The molecular weight excluding hydrogens is 382 g/mol. The Hall–Kier alpha value is -2.28. The van der Waals surface area contributed by atoms with Gasteiger partial charge in [0.15, 0.2) is 11.5 Å². The van der Waals surface area contributed by atoms with Gasteiger partial charge in [0.1, 0.15) is 0 Å². The summed E-state index contributed by atoms with van der Waals surface area (Å²) in [5, 5.41) is 6.01. The Morgan fingerprint density at radius 3 is 2.40 bits per heavy atom. The fraction of sp³-hybridized carbons (Fsp3) is 0.652. The van der Waals surface area contributed by atoms with E-state index in [0.717, 1.165) is 12.8 Å². The molecule has 1 aromatic rings. The lowest BCUT2D eigenvalue weighted by molar-refractivity contribution is -0.124. The van der Waals surface area contributed by atoms with Crippen LogP contribution < -0.4 is 20.1 Å². The van der Waals surface area contributed by atoms with Crippen LogP contribution >= 0.6 is 0 Å². The zero-order valence-corrected chi connectivity index (χ0v) is 19.0. The first-order valence-electron chi connectivity index (χ1n) is 11.0. The second-order valence-electron chi connectivity index (χ2n) is 8.19. The largest absolute Gasteiger partial charge is 0.490 e. The molecule has 1 aliphatic carbocycles. The molecule has 2 N–H and O–H groups in total. The standard InChI is InChI=1S/C23H37N3O4/c1-6-29-20-12-11-18(13-21(20)30-7-2)24-22(27)14-26(5)15-23(28)25-19-10-8-9-16(3)17(19)4/h11-13,16-17,19H,6-10,14-15H2,1-5H3,(H,24,27)(H,25,28)/t16-,17-,19-/m0/s1. The van der Waals surface area contributed by atoms with Gasteiger partial charge in [-0.2, -0.15) is 0 Å². The third kappa shape index (κ3) is 7.20. The number of nitrogens with zero attached hydrogens (tertiary/aromatic N) is 1. The van der Waals surface area contributed by atoms with E-state index in [4.69, 9.17) is 9.47 Å². The van der Waals surface area contributed by atoms with Crippen molar-refractivity contribution >= 4 is 17.5 Å². The van der Waals surface area contributed by atoms with Crippen LogP contribution in [-0.2, 0) is 9.59 Å². The van der Waals surface area contributed by atoms with Gasteiger partial charge in [-0.3, -0.25) is 14.5 Å². The summed E-state index contributed by atoms with van der Waals surface area (Å²) in [6, 6.07) is 5.55. The number of likely N-dealkylation sites (N-methyl/N-ethyl adjacent to an activating group) is 1. The van der Waals surface area contributed by atoms with Crippen LogP contribution in [0.2, 0.25) is 0 Å². The van der Waals surface area contributed by atoms with Gasteiger partial charge in [0.2, 0.25) is 11.8 Å². The molecule has 30 heavy (non-hydrogen) atoms. The third-order valence-electron chi connectivity index (χ3n) is 5.71. The van der Waals surface area contributed by atoms with E-state index in [1.165, 1.54) is 6.42 Å². The molecule has 7 nitrogen and oxygen atoms in total. The lowest BCUT2D eigenvalue weighted by Gasteiger charge is -2.34. The molecule has 0 saturated heterocycles. The quantitative estimate of drug-likeness (QED) is 0.608.